The second kappa shape index (κ2) is 10.8. The number of carbonyl (C=O) groups excluding carboxylic acids is 1. The average Bonchev–Trinajstić information content (AvgIpc) is 3.49. The molecule has 2 aromatic carbocycles. The minimum atomic E-state index is -0.333. The molecule has 188 valence electrons. The Morgan fingerprint density at radius 3 is 2.68 bits per heavy atom. The molecule has 1 amide bonds. The third-order valence-corrected chi connectivity index (χ3v) is 7.29. The van der Waals surface area contributed by atoms with Crippen LogP contribution in [0.3, 0.4) is 0 Å². The van der Waals surface area contributed by atoms with E-state index in [1.165, 1.54) is 18.7 Å². The molecule has 37 heavy (non-hydrogen) atoms. The molecule has 10 heteroatoms. The predicted octanol–water partition coefficient (Wildman–Crippen LogP) is 6.62. The lowest BCUT2D eigenvalue weighted by Gasteiger charge is -2.27. The van der Waals surface area contributed by atoms with Gasteiger partial charge < -0.3 is 24.7 Å². The summed E-state index contributed by atoms with van der Waals surface area (Å²) in [5.41, 5.74) is 2.15. The molecule has 7 nitrogen and oxygen atoms in total. The Balaban J connectivity index is 1.54. The largest absolute Gasteiger partial charge is 0.495 e. The first-order valence-corrected chi connectivity index (χ1v) is 13.0. The SMILES string of the molecule is COc1ccc(N2C(=S)N[C@H](c3ccccn3)[C@H]2c2ccc(Sc3ccc(Cl)cc3)o2)cc1NC(C)=O. The summed E-state index contributed by atoms with van der Waals surface area (Å²) in [5.74, 6) is 1.07. The van der Waals surface area contributed by atoms with Gasteiger partial charge in [0.2, 0.25) is 5.91 Å². The van der Waals surface area contributed by atoms with E-state index in [0.29, 0.717) is 21.6 Å². The Hall–Kier alpha value is -3.53. The lowest BCUT2D eigenvalue weighted by molar-refractivity contribution is -0.114. The molecule has 0 unspecified atom stereocenters. The van der Waals surface area contributed by atoms with Crippen molar-refractivity contribution in [3.8, 4) is 5.75 Å². The molecule has 5 rings (SSSR count). The van der Waals surface area contributed by atoms with Gasteiger partial charge in [0.15, 0.2) is 10.2 Å². The molecule has 0 saturated carbocycles. The highest BCUT2D eigenvalue weighted by molar-refractivity contribution is 7.99. The molecule has 1 aliphatic heterocycles. The van der Waals surface area contributed by atoms with Gasteiger partial charge in [-0.2, -0.15) is 0 Å². The molecule has 0 radical (unpaired) electrons. The number of amides is 1. The van der Waals surface area contributed by atoms with Crippen LogP contribution >= 0.6 is 35.6 Å². The van der Waals surface area contributed by atoms with Crippen LogP contribution in [0.5, 0.6) is 5.75 Å². The zero-order valence-corrected chi connectivity index (χ0v) is 22.4. The number of benzene rings is 2. The normalized spacial score (nSPS) is 16.9. The molecule has 2 atom stereocenters. The van der Waals surface area contributed by atoms with Gasteiger partial charge in [-0.05, 0) is 78.9 Å². The van der Waals surface area contributed by atoms with Crippen LogP contribution in [-0.4, -0.2) is 23.1 Å². The number of furan rings is 1. The maximum absolute atomic E-state index is 11.8. The number of anilines is 2. The van der Waals surface area contributed by atoms with Crippen molar-refractivity contribution in [2.24, 2.45) is 0 Å². The van der Waals surface area contributed by atoms with Gasteiger partial charge in [-0.1, -0.05) is 29.4 Å². The number of nitrogens with zero attached hydrogens (tertiary/aromatic N) is 2. The Kier molecular flexibility index (Phi) is 7.36. The molecular formula is C27H23ClN4O3S2. The molecule has 0 bridgehead atoms. The van der Waals surface area contributed by atoms with E-state index in [-0.39, 0.29) is 18.0 Å². The van der Waals surface area contributed by atoms with E-state index >= 15 is 0 Å². The van der Waals surface area contributed by atoms with Crippen molar-refractivity contribution in [1.29, 1.82) is 0 Å². The Bertz CT molecular complexity index is 1430. The lowest BCUT2D eigenvalue weighted by Crippen LogP contribution is -2.29. The summed E-state index contributed by atoms with van der Waals surface area (Å²) in [4.78, 5) is 19.4. The van der Waals surface area contributed by atoms with Crippen molar-refractivity contribution in [3.63, 3.8) is 0 Å². The summed E-state index contributed by atoms with van der Waals surface area (Å²) < 4.78 is 11.8. The average molecular weight is 551 g/mol. The number of nitrogens with one attached hydrogen (secondary N) is 2. The molecule has 1 fully saturated rings. The molecule has 0 aliphatic carbocycles. The minimum absolute atomic E-state index is 0.199. The number of hydrogen-bond acceptors (Lipinski definition) is 6. The molecule has 2 N–H and O–H groups in total. The topological polar surface area (TPSA) is 79.6 Å². The quantitative estimate of drug-likeness (QED) is 0.248. The molecule has 1 saturated heterocycles. The van der Waals surface area contributed by atoms with E-state index < -0.39 is 0 Å². The van der Waals surface area contributed by atoms with Crippen molar-refractivity contribution < 1.29 is 13.9 Å². The highest BCUT2D eigenvalue weighted by atomic mass is 35.5. The minimum Gasteiger partial charge on any atom is -0.495 e. The van der Waals surface area contributed by atoms with Crippen LogP contribution < -0.4 is 20.3 Å². The summed E-state index contributed by atoms with van der Waals surface area (Å²) >= 11 is 13.3. The van der Waals surface area contributed by atoms with Crippen LogP contribution in [0.15, 0.2) is 93.4 Å². The maximum atomic E-state index is 11.8. The molecule has 2 aromatic heterocycles. The number of hydrogen-bond donors (Lipinski definition) is 2. The Morgan fingerprint density at radius 2 is 1.97 bits per heavy atom. The number of ether oxygens (including phenoxy) is 1. The summed E-state index contributed by atoms with van der Waals surface area (Å²) in [7, 11) is 1.56. The molecule has 3 heterocycles. The molecule has 0 spiro atoms. The van der Waals surface area contributed by atoms with Crippen LogP contribution in [0.25, 0.3) is 0 Å². The smallest absolute Gasteiger partial charge is 0.221 e. The second-order valence-electron chi connectivity index (χ2n) is 8.28. The summed E-state index contributed by atoms with van der Waals surface area (Å²) in [6.45, 7) is 1.46. The number of pyridine rings is 1. The summed E-state index contributed by atoms with van der Waals surface area (Å²) in [5, 5.41) is 8.19. The van der Waals surface area contributed by atoms with Gasteiger partial charge in [-0.15, -0.1) is 0 Å². The van der Waals surface area contributed by atoms with Gasteiger partial charge in [0.1, 0.15) is 17.6 Å². The number of halogens is 1. The van der Waals surface area contributed by atoms with Crippen molar-refractivity contribution >= 4 is 58.0 Å². The fraction of sp³-hybridized carbons (Fsp3) is 0.148. The van der Waals surface area contributed by atoms with E-state index in [4.69, 9.17) is 33.0 Å². The molecular weight excluding hydrogens is 528 g/mol. The van der Waals surface area contributed by atoms with Gasteiger partial charge in [0, 0.05) is 28.7 Å². The zero-order valence-electron chi connectivity index (χ0n) is 20.0. The van der Waals surface area contributed by atoms with Gasteiger partial charge in [0.25, 0.3) is 0 Å². The van der Waals surface area contributed by atoms with Crippen molar-refractivity contribution in [3.05, 3.63) is 95.5 Å². The van der Waals surface area contributed by atoms with Gasteiger partial charge in [-0.25, -0.2) is 0 Å². The maximum Gasteiger partial charge on any atom is 0.221 e. The highest BCUT2D eigenvalue weighted by Crippen LogP contribution is 2.44. The van der Waals surface area contributed by atoms with Crippen LogP contribution in [0.2, 0.25) is 5.02 Å². The Morgan fingerprint density at radius 1 is 1.16 bits per heavy atom. The Labute approximate surface area is 229 Å². The van der Waals surface area contributed by atoms with Crippen molar-refractivity contribution in [2.45, 2.75) is 29.0 Å². The number of methoxy groups -OCH3 is 1. The molecule has 4 aromatic rings. The van der Waals surface area contributed by atoms with E-state index in [1.807, 2.05) is 71.6 Å². The fourth-order valence-corrected chi connectivity index (χ4v) is 5.47. The number of aromatic nitrogens is 1. The van der Waals surface area contributed by atoms with Gasteiger partial charge in [0.05, 0.1) is 24.5 Å². The third-order valence-electron chi connectivity index (χ3n) is 5.80. The highest BCUT2D eigenvalue weighted by Gasteiger charge is 2.42. The van der Waals surface area contributed by atoms with Crippen molar-refractivity contribution in [1.82, 2.24) is 10.3 Å². The monoisotopic (exact) mass is 550 g/mol. The first-order chi connectivity index (χ1) is 17.9. The van der Waals surface area contributed by atoms with Gasteiger partial charge >= 0.3 is 0 Å². The van der Waals surface area contributed by atoms with E-state index in [1.54, 1.807) is 19.4 Å². The summed E-state index contributed by atoms with van der Waals surface area (Å²) in [6.07, 6.45) is 1.76. The van der Waals surface area contributed by atoms with Crippen molar-refractivity contribution in [2.75, 3.05) is 17.3 Å². The standard InChI is InChI=1S/C27H23ClN4O3S2/c1-16(33)30-21-15-18(8-11-22(21)34-2)32-26(25(31-27(32)36)20-5-3-4-14-29-20)23-12-13-24(35-23)37-19-9-6-17(28)7-10-19/h3-15,25-26H,1-2H3,(H,30,33)(H,31,36)/t25-,26-/m1/s1. The van der Waals surface area contributed by atoms with Gasteiger partial charge in [-0.3, -0.25) is 9.78 Å². The first kappa shape index (κ1) is 25.1. The predicted molar refractivity (Wildman–Crippen MR) is 150 cm³/mol. The third kappa shape index (κ3) is 5.44. The number of carbonyl (C=O) groups is 1. The van der Waals surface area contributed by atoms with Crippen LogP contribution in [0.1, 0.15) is 30.5 Å². The van der Waals surface area contributed by atoms with Crippen LogP contribution in [-0.2, 0) is 4.79 Å². The van der Waals surface area contributed by atoms with Crippen LogP contribution in [0.4, 0.5) is 11.4 Å². The number of thiocarbonyl (C=S) groups is 1. The second-order valence-corrected chi connectivity index (χ2v) is 10.2. The number of rotatable bonds is 7. The van der Waals surface area contributed by atoms with E-state index in [9.17, 15) is 4.79 Å². The fourth-order valence-electron chi connectivity index (χ4n) is 4.22. The first-order valence-electron chi connectivity index (χ1n) is 11.4. The van der Waals surface area contributed by atoms with E-state index in [2.05, 4.69) is 15.6 Å². The summed E-state index contributed by atoms with van der Waals surface area (Å²) in [6, 6.07) is 22.2. The van der Waals surface area contributed by atoms with Crippen LogP contribution in [0, 0.1) is 0 Å². The van der Waals surface area contributed by atoms with E-state index in [0.717, 1.165) is 27.1 Å². The zero-order chi connectivity index (χ0) is 25.9. The molecule has 1 aliphatic rings. The lowest BCUT2D eigenvalue weighted by atomic mass is 10.0.